The Morgan fingerprint density at radius 3 is 2.78 bits per heavy atom. The molecule has 2 aromatic rings. The first-order valence-electron chi connectivity index (χ1n) is 8.86. The summed E-state index contributed by atoms with van der Waals surface area (Å²) in [6, 6.07) is 9.49. The SMILES string of the molecule is O=C(NC(C(=O)O)C1CCOCC1)c1cccc(OCc2cccnc2)c1. The number of aliphatic carboxylic acids is 1. The Morgan fingerprint density at radius 1 is 1.26 bits per heavy atom. The summed E-state index contributed by atoms with van der Waals surface area (Å²) in [4.78, 5) is 28.2. The van der Waals surface area contributed by atoms with Crippen LogP contribution in [0, 0.1) is 5.92 Å². The first-order chi connectivity index (χ1) is 13.1. The van der Waals surface area contributed by atoms with Crippen molar-refractivity contribution in [3.05, 3.63) is 59.9 Å². The van der Waals surface area contributed by atoms with Gasteiger partial charge in [0.15, 0.2) is 0 Å². The molecule has 0 aliphatic carbocycles. The molecule has 1 unspecified atom stereocenters. The van der Waals surface area contributed by atoms with Crippen LogP contribution in [0.5, 0.6) is 5.75 Å². The number of carboxylic acid groups (broad SMARTS) is 1. The van der Waals surface area contributed by atoms with E-state index in [9.17, 15) is 14.7 Å². The second-order valence-corrected chi connectivity index (χ2v) is 6.42. The Balaban J connectivity index is 1.64. The second-order valence-electron chi connectivity index (χ2n) is 6.42. The summed E-state index contributed by atoms with van der Waals surface area (Å²) < 4.78 is 11.0. The fraction of sp³-hybridized carbons (Fsp3) is 0.350. The number of aromatic nitrogens is 1. The van der Waals surface area contributed by atoms with Gasteiger partial charge in [-0.25, -0.2) is 4.79 Å². The maximum atomic E-state index is 12.6. The van der Waals surface area contributed by atoms with Gasteiger partial charge < -0.3 is 19.9 Å². The summed E-state index contributed by atoms with van der Waals surface area (Å²) >= 11 is 0. The van der Waals surface area contributed by atoms with Crippen molar-refractivity contribution in [3.63, 3.8) is 0 Å². The molecule has 1 amide bonds. The van der Waals surface area contributed by atoms with E-state index >= 15 is 0 Å². The molecule has 1 atom stereocenters. The van der Waals surface area contributed by atoms with Crippen LogP contribution < -0.4 is 10.1 Å². The lowest BCUT2D eigenvalue weighted by molar-refractivity contribution is -0.141. The summed E-state index contributed by atoms with van der Waals surface area (Å²) in [6.45, 7) is 1.36. The predicted octanol–water partition coefficient (Wildman–Crippen LogP) is 2.27. The first kappa shape index (κ1) is 18.8. The van der Waals surface area contributed by atoms with Crippen molar-refractivity contribution in [2.24, 2.45) is 5.92 Å². The van der Waals surface area contributed by atoms with Crippen molar-refractivity contribution >= 4 is 11.9 Å². The van der Waals surface area contributed by atoms with E-state index < -0.39 is 17.9 Å². The molecule has 142 valence electrons. The van der Waals surface area contributed by atoms with Crippen LogP contribution in [0.15, 0.2) is 48.8 Å². The highest BCUT2D eigenvalue weighted by molar-refractivity contribution is 5.97. The van der Waals surface area contributed by atoms with Gasteiger partial charge in [-0.2, -0.15) is 0 Å². The number of benzene rings is 1. The lowest BCUT2D eigenvalue weighted by Gasteiger charge is -2.28. The molecule has 1 saturated heterocycles. The lowest BCUT2D eigenvalue weighted by Crippen LogP contribution is -2.47. The highest BCUT2D eigenvalue weighted by Crippen LogP contribution is 2.20. The van der Waals surface area contributed by atoms with Gasteiger partial charge in [-0.3, -0.25) is 9.78 Å². The van der Waals surface area contributed by atoms with Gasteiger partial charge in [0.2, 0.25) is 0 Å². The molecule has 1 aliphatic heterocycles. The zero-order chi connectivity index (χ0) is 19.1. The Labute approximate surface area is 157 Å². The molecule has 2 N–H and O–H groups in total. The number of hydrogen-bond donors (Lipinski definition) is 2. The molecular weight excluding hydrogens is 348 g/mol. The molecule has 1 aromatic heterocycles. The van der Waals surface area contributed by atoms with E-state index in [0.717, 1.165) is 5.56 Å². The monoisotopic (exact) mass is 370 g/mol. The van der Waals surface area contributed by atoms with Crippen molar-refractivity contribution in [1.82, 2.24) is 10.3 Å². The zero-order valence-electron chi connectivity index (χ0n) is 14.8. The Morgan fingerprint density at radius 2 is 2.07 bits per heavy atom. The molecule has 27 heavy (non-hydrogen) atoms. The van der Waals surface area contributed by atoms with Crippen molar-refractivity contribution in [2.45, 2.75) is 25.5 Å². The summed E-state index contributed by atoms with van der Waals surface area (Å²) in [5.74, 6) is -1.06. The van der Waals surface area contributed by atoms with Crippen LogP contribution in [0.2, 0.25) is 0 Å². The van der Waals surface area contributed by atoms with Gasteiger partial charge in [0, 0.05) is 36.7 Å². The fourth-order valence-electron chi connectivity index (χ4n) is 3.03. The van der Waals surface area contributed by atoms with Crippen molar-refractivity contribution in [2.75, 3.05) is 13.2 Å². The van der Waals surface area contributed by atoms with Crippen LogP contribution in [-0.4, -0.2) is 41.2 Å². The quantitative estimate of drug-likeness (QED) is 0.776. The number of carbonyl (C=O) groups excluding carboxylic acids is 1. The van der Waals surface area contributed by atoms with Crippen LogP contribution in [0.1, 0.15) is 28.8 Å². The molecule has 1 fully saturated rings. The van der Waals surface area contributed by atoms with Gasteiger partial charge in [-0.15, -0.1) is 0 Å². The third-order valence-corrected chi connectivity index (χ3v) is 4.51. The van der Waals surface area contributed by atoms with E-state index in [0.29, 0.717) is 44.0 Å². The maximum absolute atomic E-state index is 12.6. The number of rotatable bonds is 7. The number of amides is 1. The minimum atomic E-state index is -1.03. The molecule has 7 nitrogen and oxygen atoms in total. The van der Waals surface area contributed by atoms with E-state index in [-0.39, 0.29) is 5.92 Å². The molecule has 0 saturated carbocycles. The normalized spacial score (nSPS) is 15.7. The summed E-state index contributed by atoms with van der Waals surface area (Å²) in [7, 11) is 0. The number of ether oxygens (including phenoxy) is 2. The van der Waals surface area contributed by atoms with E-state index in [1.807, 2.05) is 12.1 Å². The van der Waals surface area contributed by atoms with Gasteiger partial charge in [0.1, 0.15) is 18.4 Å². The van der Waals surface area contributed by atoms with Crippen molar-refractivity contribution < 1.29 is 24.2 Å². The number of carboxylic acids is 1. The maximum Gasteiger partial charge on any atom is 0.326 e. The van der Waals surface area contributed by atoms with Crippen LogP contribution in [0.4, 0.5) is 0 Å². The van der Waals surface area contributed by atoms with Gasteiger partial charge in [0.25, 0.3) is 5.91 Å². The van der Waals surface area contributed by atoms with Crippen LogP contribution in [0.25, 0.3) is 0 Å². The summed E-state index contributed by atoms with van der Waals surface area (Å²) in [6.07, 6.45) is 4.63. The minimum Gasteiger partial charge on any atom is -0.489 e. The van der Waals surface area contributed by atoms with E-state index in [2.05, 4.69) is 10.3 Å². The molecule has 0 radical (unpaired) electrons. The molecule has 0 spiro atoms. The standard InChI is InChI=1S/C20H22N2O5/c23-19(22-18(20(24)25)15-6-9-26-10-7-15)16-4-1-5-17(11-16)27-13-14-3-2-8-21-12-14/h1-5,8,11-12,15,18H,6-7,9-10,13H2,(H,22,23)(H,24,25). The average molecular weight is 370 g/mol. The number of nitrogens with zero attached hydrogens (tertiary/aromatic N) is 1. The fourth-order valence-corrected chi connectivity index (χ4v) is 3.03. The van der Waals surface area contributed by atoms with Gasteiger partial charge >= 0.3 is 5.97 Å². The van der Waals surface area contributed by atoms with Crippen molar-refractivity contribution in [1.29, 1.82) is 0 Å². The third kappa shape index (κ3) is 5.27. The lowest BCUT2D eigenvalue weighted by atomic mass is 9.91. The molecule has 2 heterocycles. The van der Waals surface area contributed by atoms with Crippen molar-refractivity contribution in [3.8, 4) is 5.75 Å². The smallest absolute Gasteiger partial charge is 0.326 e. The van der Waals surface area contributed by atoms with Crippen LogP contribution in [-0.2, 0) is 16.1 Å². The van der Waals surface area contributed by atoms with Gasteiger partial charge in [0.05, 0.1) is 0 Å². The summed E-state index contributed by atoms with van der Waals surface area (Å²) in [5.41, 5.74) is 1.27. The number of nitrogens with one attached hydrogen (secondary N) is 1. The third-order valence-electron chi connectivity index (χ3n) is 4.51. The molecule has 0 bridgehead atoms. The Hall–Kier alpha value is -2.93. The zero-order valence-corrected chi connectivity index (χ0v) is 14.8. The van der Waals surface area contributed by atoms with E-state index in [1.165, 1.54) is 0 Å². The molecule has 1 aliphatic rings. The highest BCUT2D eigenvalue weighted by atomic mass is 16.5. The topological polar surface area (TPSA) is 97.8 Å². The Bertz CT molecular complexity index is 775. The van der Waals surface area contributed by atoms with E-state index in [1.54, 1.807) is 36.7 Å². The largest absolute Gasteiger partial charge is 0.489 e. The number of carbonyl (C=O) groups is 2. The number of pyridine rings is 1. The van der Waals surface area contributed by atoms with Gasteiger partial charge in [-0.1, -0.05) is 12.1 Å². The molecular formula is C20H22N2O5. The number of hydrogen-bond acceptors (Lipinski definition) is 5. The predicted molar refractivity (Wildman–Crippen MR) is 97.4 cm³/mol. The van der Waals surface area contributed by atoms with Crippen LogP contribution >= 0.6 is 0 Å². The Kier molecular flexibility index (Phi) is 6.38. The minimum absolute atomic E-state index is 0.134. The first-order valence-corrected chi connectivity index (χ1v) is 8.86. The molecule has 3 rings (SSSR count). The second kappa shape index (κ2) is 9.14. The molecule has 1 aromatic carbocycles. The van der Waals surface area contributed by atoms with E-state index in [4.69, 9.17) is 9.47 Å². The highest BCUT2D eigenvalue weighted by Gasteiger charge is 2.31. The molecule has 7 heteroatoms. The average Bonchev–Trinajstić information content (AvgIpc) is 2.71. The van der Waals surface area contributed by atoms with Crippen LogP contribution in [0.3, 0.4) is 0 Å². The summed E-state index contributed by atoms with van der Waals surface area (Å²) in [5, 5.41) is 12.1. The van der Waals surface area contributed by atoms with Gasteiger partial charge in [-0.05, 0) is 43.0 Å².